The molecule has 1 aromatic rings. The first-order chi connectivity index (χ1) is 11.9. The molecule has 1 aliphatic rings. The molecule has 0 aliphatic carbocycles. The van der Waals surface area contributed by atoms with Crippen molar-refractivity contribution in [2.45, 2.75) is 70.2 Å². The normalized spacial score (nSPS) is 20.8. The highest BCUT2D eigenvalue weighted by atomic mass is 19.4. The lowest BCUT2D eigenvalue weighted by molar-refractivity contribution is -0.138. The average Bonchev–Trinajstić information content (AvgIpc) is 3.02. The molecule has 1 fully saturated rings. The van der Waals surface area contributed by atoms with Crippen LogP contribution in [-0.4, -0.2) is 30.4 Å². The van der Waals surface area contributed by atoms with Crippen molar-refractivity contribution in [2.75, 3.05) is 13.2 Å². The fourth-order valence-corrected chi connectivity index (χ4v) is 3.23. The van der Waals surface area contributed by atoms with E-state index >= 15 is 0 Å². The molecular weight excluding hydrogens is 331 g/mol. The van der Waals surface area contributed by atoms with Gasteiger partial charge < -0.3 is 15.2 Å². The second kappa shape index (κ2) is 9.43. The molecule has 25 heavy (non-hydrogen) atoms. The summed E-state index contributed by atoms with van der Waals surface area (Å²) in [5.74, 6) is 0.243. The summed E-state index contributed by atoms with van der Waals surface area (Å²) in [6, 6.07) is 4.25. The van der Waals surface area contributed by atoms with Crippen LogP contribution in [0.2, 0.25) is 0 Å². The number of unbranched alkanes of at least 4 members (excludes halogenated alkanes) is 4. The maximum atomic E-state index is 13.4. The molecule has 1 heterocycles. The van der Waals surface area contributed by atoms with Gasteiger partial charge in [0.25, 0.3) is 0 Å². The molecule has 2 rings (SSSR count). The number of alkyl halides is 3. The van der Waals surface area contributed by atoms with Crippen LogP contribution in [0.3, 0.4) is 0 Å². The van der Waals surface area contributed by atoms with E-state index in [1.165, 1.54) is 0 Å². The van der Waals surface area contributed by atoms with Crippen molar-refractivity contribution in [3.63, 3.8) is 0 Å². The van der Waals surface area contributed by atoms with Gasteiger partial charge in [-0.25, -0.2) is 0 Å². The van der Waals surface area contributed by atoms with E-state index in [0.29, 0.717) is 24.9 Å². The van der Waals surface area contributed by atoms with Crippen LogP contribution in [0.15, 0.2) is 18.2 Å². The third kappa shape index (κ3) is 6.19. The second-order valence-corrected chi connectivity index (χ2v) is 6.74. The maximum absolute atomic E-state index is 13.4. The van der Waals surface area contributed by atoms with Gasteiger partial charge in [0.1, 0.15) is 11.9 Å². The first-order valence-corrected chi connectivity index (χ1v) is 9.15. The van der Waals surface area contributed by atoms with Crippen LogP contribution in [0.4, 0.5) is 13.2 Å². The molecule has 6 heteroatoms. The van der Waals surface area contributed by atoms with E-state index in [1.807, 2.05) is 0 Å². The van der Waals surface area contributed by atoms with Gasteiger partial charge in [0.15, 0.2) is 0 Å². The number of aliphatic hydroxyl groups excluding tert-OH is 1. The van der Waals surface area contributed by atoms with Crippen molar-refractivity contribution >= 4 is 0 Å². The van der Waals surface area contributed by atoms with E-state index in [4.69, 9.17) is 9.84 Å². The number of hydrogen-bond acceptors (Lipinski definition) is 3. The highest BCUT2D eigenvalue weighted by Crippen LogP contribution is 2.35. The van der Waals surface area contributed by atoms with E-state index in [9.17, 15) is 13.2 Å². The number of nitrogens with one attached hydrogen (secondary N) is 1. The first-order valence-electron chi connectivity index (χ1n) is 9.15. The fraction of sp³-hybridized carbons (Fsp3) is 0.684. The Labute approximate surface area is 147 Å². The predicted octanol–water partition coefficient (Wildman–Crippen LogP) is 4.32. The zero-order chi connectivity index (χ0) is 18.3. The number of ether oxygens (including phenoxy) is 1. The van der Waals surface area contributed by atoms with Crippen LogP contribution < -0.4 is 10.1 Å². The number of aliphatic hydroxyl groups is 1. The van der Waals surface area contributed by atoms with Gasteiger partial charge in [0, 0.05) is 19.0 Å². The summed E-state index contributed by atoms with van der Waals surface area (Å²) in [5.41, 5.74) is -0.251. The lowest BCUT2D eigenvalue weighted by atomic mass is 10.00. The summed E-state index contributed by atoms with van der Waals surface area (Å²) in [6.07, 6.45) is 1.50. The number of halogens is 3. The molecule has 1 aromatic carbocycles. The third-order valence-electron chi connectivity index (χ3n) is 4.64. The summed E-state index contributed by atoms with van der Waals surface area (Å²) in [4.78, 5) is 0. The van der Waals surface area contributed by atoms with Crippen molar-refractivity contribution in [2.24, 2.45) is 0 Å². The summed E-state index contributed by atoms with van der Waals surface area (Å²) in [5, 5.41) is 12.2. The first kappa shape index (κ1) is 20.0. The minimum atomic E-state index is -4.38. The molecule has 0 spiro atoms. The van der Waals surface area contributed by atoms with Crippen molar-refractivity contribution < 1.29 is 23.0 Å². The minimum absolute atomic E-state index is 0.00459. The Hall–Kier alpha value is -1.27. The SMILES string of the molecule is CCCCCCCc1ccc(OC2CN[C@H](CO)C2)cc1C(F)(F)F. The minimum Gasteiger partial charge on any atom is -0.489 e. The smallest absolute Gasteiger partial charge is 0.416 e. The van der Waals surface area contributed by atoms with E-state index in [2.05, 4.69) is 12.2 Å². The van der Waals surface area contributed by atoms with Gasteiger partial charge in [-0.15, -0.1) is 0 Å². The van der Waals surface area contributed by atoms with E-state index in [1.54, 1.807) is 12.1 Å². The highest BCUT2D eigenvalue weighted by Gasteiger charge is 2.34. The molecule has 0 bridgehead atoms. The van der Waals surface area contributed by atoms with Gasteiger partial charge in [-0.3, -0.25) is 0 Å². The van der Waals surface area contributed by atoms with E-state index in [0.717, 1.165) is 38.2 Å². The molecule has 3 nitrogen and oxygen atoms in total. The fourth-order valence-electron chi connectivity index (χ4n) is 3.23. The Balaban J connectivity index is 2.01. The summed E-state index contributed by atoms with van der Waals surface area (Å²) in [6.45, 7) is 2.65. The molecule has 142 valence electrons. The lowest BCUT2D eigenvalue weighted by Gasteiger charge is -2.17. The summed E-state index contributed by atoms with van der Waals surface area (Å²) in [7, 11) is 0. The molecule has 0 aromatic heterocycles. The Morgan fingerprint density at radius 3 is 2.60 bits per heavy atom. The number of benzene rings is 1. The largest absolute Gasteiger partial charge is 0.489 e. The molecule has 2 N–H and O–H groups in total. The van der Waals surface area contributed by atoms with Crippen LogP contribution in [-0.2, 0) is 12.6 Å². The number of hydrogen-bond donors (Lipinski definition) is 2. The van der Waals surface area contributed by atoms with Gasteiger partial charge in [0.2, 0.25) is 0 Å². The summed E-state index contributed by atoms with van der Waals surface area (Å²) >= 11 is 0. The van der Waals surface area contributed by atoms with Gasteiger partial charge in [-0.2, -0.15) is 13.2 Å². The van der Waals surface area contributed by atoms with Crippen molar-refractivity contribution in [1.29, 1.82) is 0 Å². The molecule has 1 unspecified atom stereocenters. The number of rotatable bonds is 9. The monoisotopic (exact) mass is 359 g/mol. The van der Waals surface area contributed by atoms with Crippen LogP contribution in [0.25, 0.3) is 0 Å². The van der Waals surface area contributed by atoms with Crippen LogP contribution in [0.5, 0.6) is 5.75 Å². The maximum Gasteiger partial charge on any atom is 0.416 e. The Morgan fingerprint density at radius 2 is 1.96 bits per heavy atom. The molecule has 0 saturated carbocycles. The third-order valence-corrected chi connectivity index (χ3v) is 4.64. The lowest BCUT2D eigenvalue weighted by Crippen LogP contribution is -2.25. The topological polar surface area (TPSA) is 41.5 Å². The molecule has 1 aliphatic heterocycles. The molecule has 0 radical (unpaired) electrons. The van der Waals surface area contributed by atoms with Crippen molar-refractivity contribution in [3.05, 3.63) is 29.3 Å². The Kier molecular flexibility index (Phi) is 7.56. The van der Waals surface area contributed by atoms with E-state index in [-0.39, 0.29) is 24.5 Å². The highest BCUT2D eigenvalue weighted by molar-refractivity contribution is 5.38. The quantitative estimate of drug-likeness (QED) is 0.645. The van der Waals surface area contributed by atoms with Gasteiger partial charge in [-0.1, -0.05) is 38.7 Å². The van der Waals surface area contributed by atoms with E-state index < -0.39 is 11.7 Å². The van der Waals surface area contributed by atoms with Crippen LogP contribution in [0, 0.1) is 0 Å². The van der Waals surface area contributed by atoms with Crippen LogP contribution in [0.1, 0.15) is 56.6 Å². The average molecular weight is 359 g/mol. The summed E-state index contributed by atoms with van der Waals surface area (Å²) < 4.78 is 45.8. The van der Waals surface area contributed by atoms with Gasteiger partial charge in [-0.05, 0) is 30.5 Å². The molecule has 1 saturated heterocycles. The number of aryl methyl sites for hydroxylation is 1. The van der Waals surface area contributed by atoms with Crippen molar-refractivity contribution in [3.8, 4) is 5.75 Å². The van der Waals surface area contributed by atoms with Crippen molar-refractivity contribution in [1.82, 2.24) is 5.32 Å². The second-order valence-electron chi connectivity index (χ2n) is 6.74. The van der Waals surface area contributed by atoms with Gasteiger partial charge in [0.05, 0.1) is 12.2 Å². The Bertz CT molecular complexity index is 534. The Morgan fingerprint density at radius 1 is 1.20 bits per heavy atom. The van der Waals surface area contributed by atoms with Crippen LogP contribution >= 0.6 is 0 Å². The molecule has 2 atom stereocenters. The molecule has 0 amide bonds. The molecular formula is C19H28F3NO2. The zero-order valence-electron chi connectivity index (χ0n) is 14.7. The zero-order valence-corrected chi connectivity index (χ0v) is 14.7. The standard InChI is InChI=1S/C19H28F3NO2/c1-2-3-4-5-6-7-14-8-9-16(11-18(14)19(20,21)22)25-17-10-15(13-24)23-12-17/h8-9,11,15,17,23-24H,2-7,10,12-13H2,1H3/t15-,17?/m0/s1. The van der Waals surface area contributed by atoms with Gasteiger partial charge >= 0.3 is 6.18 Å². The predicted molar refractivity (Wildman–Crippen MR) is 91.8 cm³/mol.